The average molecular weight is 852 g/mol. The van der Waals surface area contributed by atoms with Crippen molar-refractivity contribution in [2.45, 2.75) is 190 Å². The number of aliphatic hydroxyl groups is 8. The fraction of sp³-hybridized carbons (Fsp3) is 0.717. The van der Waals surface area contributed by atoms with E-state index >= 15 is 0 Å². The molecule has 2 rings (SSSR count). The second kappa shape index (κ2) is 33.0. The summed E-state index contributed by atoms with van der Waals surface area (Å²) in [6.45, 7) is 2.49. The van der Waals surface area contributed by atoms with Gasteiger partial charge in [-0.15, -0.1) is 0 Å². The summed E-state index contributed by atoms with van der Waals surface area (Å²) in [5.41, 5.74) is 0. The highest BCUT2D eigenvalue weighted by molar-refractivity contribution is 5.76. The maximum atomic E-state index is 13.0. The van der Waals surface area contributed by atoms with E-state index in [9.17, 15) is 45.6 Å². The molecule has 60 heavy (non-hydrogen) atoms. The molecule has 12 unspecified atom stereocenters. The molecule has 14 nitrogen and oxygen atoms in total. The van der Waals surface area contributed by atoms with Gasteiger partial charge in [0.1, 0.15) is 48.8 Å². The molecule has 2 saturated heterocycles. The quantitative estimate of drug-likeness (QED) is 0.0354. The number of unbranched alkanes of at least 4 members (excludes halogenated alkanes) is 6. The molecule has 0 aromatic rings. The van der Waals surface area contributed by atoms with Gasteiger partial charge in [0.15, 0.2) is 12.6 Å². The Bertz CT molecular complexity index is 1280. The van der Waals surface area contributed by atoms with Crippen molar-refractivity contribution in [3.63, 3.8) is 0 Å². The molecule has 0 aromatic carbocycles. The van der Waals surface area contributed by atoms with Crippen molar-refractivity contribution >= 4 is 5.91 Å². The first-order valence-electron chi connectivity index (χ1n) is 22.2. The van der Waals surface area contributed by atoms with Gasteiger partial charge in [0.2, 0.25) is 5.91 Å². The van der Waals surface area contributed by atoms with Crippen molar-refractivity contribution in [1.29, 1.82) is 0 Å². The molecule has 0 saturated carbocycles. The van der Waals surface area contributed by atoms with Gasteiger partial charge < -0.3 is 65.1 Å². The van der Waals surface area contributed by atoms with Crippen LogP contribution in [0.25, 0.3) is 0 Å². The van der Waals surface area contributed by atoms with Crippen LogP contribution in [0.5, 0.6) is 0 Å². The number of ether oxygens (including phenoxy) is 4. The molecule has 0 aromatic heterocycles. The van der Waals surface area contributed by atoms with E-state index in [0.29, 0.717) is 12.8 Å². The predicted molar refractivity (Wildman–Crippen MR) is 230 cm³/mol. The zero-order valence-electron chi connectivity index (χ0n) is 35.9. The summed E-state index contributed by atoms with van der Waals surface area (Å²) in [5, 5.41) is 85.8. The van der Waals surface area contributed by atoms with Crippen LogP contribution in [0.15, 0.2) is 72.9 Å². The van der Waals surface area contributed by atoms with Gasteiger partial charge in [-0.05, 0) is 64.2 Å². The third-order valence-electron chi connectivity index (χ3n) is 10.4. The molecule has 2 aliphatic rings. The first kappa shape index (κ1) is 53.6. The third kappa shape index (κ3) is 21.0. The van der Waals surface area contributed by atoms with Crippen molar-refractivity contribution in [3.8, 4) is 0 Å². The molecular weight excluding hydrogens is 775 g/mol. The Morgan fingerprint density at radius 2 is 1.15 bits per heavy atom. The van der Waals surface area contributed by atoms with Gasteiger partial charge in [-0.2, -0.15) is 0 Å². The minimum absolute atomic E-state index is 0.249. The van der Waals surface area contributed by atoms with Crippen LogP contribution >= 0.6 is 0 Å². The summed E-state index contributed by atoms with van der Waals surface area (Å²) in [6, 6.07) is -0.842. The van der Waals surface area contributed by atoms with Crippen LogP contribution in [0.3, 0.4) is 0 Å². The lowest BCUT2D eigenvalue weighted by Crippen LogP contribution is -2.65. The molecule has 0 bridgehead atoms. The topological polar surface area (TPSA) is 228 Å². The maximum Gasteiger partial charge on any atom is 0.220 e. The van der Waals surface area contributed by atoms with E-state index in [1.807, 2.05) is 6.92 Å². The van der Waals surface area contributed by atoms with Gasteiger partial charge in [-0.25, -0.2) is 0 Å². The monoisotopic (exact) mass is 852 g/mol. The molecule has 2 aliphatic heterocycles. The number of nitrogens with one attached hydrogen (secondary N) is 1. The Kier molecular flexibility index (Phi) is 29.5. The number of carbonyl (C=O) groups is 1. The van der Waals surface area contributed by atoms with Gasteiger partial charge in [0, 0.05) is 6.42 Å². The van der Waals surface area contributed by atoms with E-state index in [1.165, 1.54) is 0 Å². The Labute approximate surface area is 358 Å². The van der Waals surface area contributed by atoms with Crippen molar-refractivity contribution < 1.29 is 64.6 Å². The van der Waals surface area contributed by atoms with E-state index < -0.39 is 86.8 Å². The van der Waals surface area contributed by atoms with E-state index in [1.54, 1.807) is 0 Å². The molecule has 0 radical (unpaired) electrons. The second-order valence-corrected chi connectivity index (χ2v) is 15.4. The lowest BCUT2D eigenvalue weighted by molar-refractivity contribution is -0.359. The zero-order valence-corrected chi connectivity index (χ0v) is 35.9. The number of rotatable bonds is 31. The largest absolute Gasteiger partial charge is 0.394 e. The number of aliphatic hydroxyl groups excluding tert-OH is 8. The lowest BCUT2D eigenvalue weighted by Gasteiger charge is -2.46. The fourth-order valence-electron chi connectivity index (χ4n) is 6.77. The van der Waals surface area contributed by atoms with Gasteiger partial charge >= 0.3 is 0 Å². The third-order valence-corrected chi connectivity index (χ3v) is 10.4. The molecule has 9 N–H and O–H groups in total. The fourth-order valence-corrected chi connectivity index (χ4v) is 6.77. The summed E-state index contributed by atoms with van der Waals surface area (Å²) in [6.07, 6.45) is 23.1. The first-order chi connectivity index (χ1) is 29.1. The molecular formula is C46H77NO13. The van der Waals surface area contributed by atoms with Crippen molar-refractivity contribution in [3.05, 3.63) is 72.9 Å². The minimum Gasteiger partial charge on any atom is -0.394 e. The van der Waals surface area contributed by atoms with Gasteiger partial charge in [0.05, 0.1) is 32.0 Å². The van der Waals surface area contributed by atoms with Crippen LogP contribution in [0.1, 0.15) is 117 Å². The second-order valence-electron chi connectivity index (χ2n) is 15.4. The SMILES string of the molecule is CC/C=C\C/C=C\C/C=C\C/C=C\C/C=C\C/C=C\CCCCCCC(=O)NC(COC1OC(CO)C(OC2OC(CO)C(O)C(O)C2O)C(O)C1O)C(O)CCCCC. The maximum absolute atomic E-state index is 13.0. The number of allylic oxidation sites excluding steroid dienone is 12. The van der Waals surface area contributed by atoms with Gasteiger partial charge in [0.25, 0.3) is 0 Å². The Hall–Kier alpha value is -2.57. The number of hydrogen-bond acceptors (Lipinski definition) is 13. The minimum atomic E-state index is -1.78. The molecule has 12 atom stereocenters. The molecule has 2 fully saturated rings. The Morgan fingerprint density at radius 3 is 1.72 bits per heavy atom. The highest BCUT2D eigenvalue weighted by Gasteiger charge is 2.51. The first-order valence-corrected chi connectivity index (χ1v) is 22.2. The zero-order chi connectivity index (χ0) is 44.0. The van der Waals surface area contributed by atoms with Crippen LogP contribution < -0.4 is 5.32 Å². The summed E-state index contributed by atoms with van der Waals surface area (Å²) < 4.78 is 22.5. The van der Waals surface area contributed by atoms with Crippen LogP contribution in [-0.2, 0) is 23.7 Å². The normalized spacial score (nSPS) is 29.0. The smallest absolute Gasteiger partial charge is 0.220 e. The Balaban J connectivity index is 1.72. The van der Waals surface area contributed by atoms with Gasteiger partial charge in [-0.1, -0.05) is 119 Å². The number of carbonyl (C=O) groups excluding carboxylic acids is 1. The molecule has 0 spiro atoms. The molecule has 344 valence electrons. The summed E-state index contributed by atoms with van der Waals surface area (Å²) in [5.74, 6) is -0.249. The van der Waals surface area contributed by atoms with Crippen LogP contribution in [0.2, 0.25) is 0 Å². The van der Waals surface area contributed by atoms with Crippen molar-refractivity contribution in [2.24, 2.45) is 0 Å². The summed E-state index contributed by atoms with van der Waals surface area (Å²) in [7, 11) is 0. The predicted octanol–water partition coefficient (Wildman–Crippen LogP) is 4.09. The molecule has 2 heterocycles. The number of hydrogen-bond donors (Lipinski definition) is 9. The van der Waals surface area contributed by atoms with Crippen LogP contribution in [-0.4, -0.2) is 140 Å². The van der Waals surface area contributed by atoms with Crippen LogP contribution in [0.4, 0.5) is 0 Å². The summed E-state index contributed by atoms with van der Waals surface area (Å²) >= 11 is 0. The average Bonchev–Trinajstić information content (AvgIpc) is 3.24. The molecule has 14 heteroatoms. The Morgan fingerprint density at radius 1 is 0.617 bits per heavy atom. The number of amides is 1. The summed E-state index contributed by atoms with van der Waals surface area (Å²) in [4.78, 5) is 13.0. The standard InChI is InChI=1S/C46H77NO13/c1-3-5-7-8-9-10-11-12-13-14-15-16-17-18-19-20-21-22-23-24-25-26-28-30-38(51)47-34(35(50)29-27-6-4-2)33-57-45-43(56)41(54)44(37(32-49)59-45)60-46-42(55)40(53)39(52)36(31-48)58-46/h5,7,9-10,12-13,15-16,18-19,21-22,34-37,39-46,48-50,52-56H,3-4,6,8,11,14,17,20,23-33H2,1-2H3,(H,47,51)/b7-5-,10-9-,13-12-,16-15-,19-18-,22-21-. The lowest BCUT2D eigenvalue weighted by atomic mass is 9.97. The molecule has 1 amide bonds. The van der Waals surface area contributed by atoms with Crippen molar-refractivity contribution in [1.82, 2.24) is 5.32 Å². The van der Waals surface area contributed by atoms with E-state index in [4.69, 9.17) is 18.9 Å². The van der Waals surface area contributed by atoms with Crippen LogP contribution in [0, 0.1) is 0 Å². The van der Waals surface area contributed by atoms with Crippen molar-refractivity contribution in [2.75, 3.05) is 19.8 Å². The highest BCUT2D eigenvalue weighted by Crippen LogP contribution is 2.30. The molecule has 0 aliphatic carbocycles. The van der Waals surface area contributed by atoms with E-state index in [-0.39, 0.29) is 18.9 Å². The van der Waals surface area contributed by atoms with E-state index in [0.717, 1.165) is 83.5 Å². The van der Waals surface area contributed by atoms with Gasteiger partial charge in [-0.3, -0.25) is 4.79 Å². The highest BCUT2D eigenvalue weighted by atomic mass is 16.7. The van der Waals surface area contributed by atoms with E-state index in [2.05, 4.69) is 85.2 Å².